The molecule has 5 rings (SSSR count). The first kappa shape index (κ1) is 58.8. The molecule has 0 aromatic rings. The molecule has 0 spiro atoms. The van der Waals surface area contributed by atoms with Gasteiger partial charge >= 0.3 is 5.97 Å². The molecule has 5 fully saturated rings. The van der Waals surface area contributed by atoms with Crippen LogP contribution >= 0.6 is 0 Å². The number of carbonyl (C=O) groups excluding carboxylic acids is 3. The Hall–Kier alpha value is -3.08. The van der Waals surface area contributed by atoms with Gasteiger partial charge in [0.15, 0.2) is 25.2 Å². The van der Waals surface area contributed by atoms with Crippen molar-refractivity contribution in [2.24, 2.45) is 0 Å². The number of carboxylic acid groups (broad SMARTS) is 1. The average Bonchev–Trinajstić information content (AvgIpc) is 3.31. The summed E-state index contributed by atoms with van der Waals surface area (Å²) in [7, 11) is 0. The van der Waals surface area contributed by atoms with Crippen molar-refractivity contribution in [1.82, 2.24) is 16.0 Å². The smallest absolute Gasteiger partial charge is 0.364 e. The third-order valence-electron chi connectivity index (χ3n) is 12.5. The topological polar surface area (TPSA) is 511 Å². The first-order valence-corrected chi connectivity index (χ1v) is 22.2. The average molecular weight is 1040 g/mol. The van der Waals surface area contributed by atoms with E-state index >= 15 is 0 Å². The number of aliphatic hydroxyl groups excluding tert-OH is 15. The van der Waals surface area contributed by atoms with E-state index in [4.69, 9.17) is 42.6 Å². The Balaban J connectivity index is 1.40. The van der Waals surface area contributed by atoms with Gasteiger partial charge in [-0.25, -0.2) is 4.79 Å². The van der Waals surface area contributed by atoms with Crippen LogP contribution in [0.3, 0.4) is 0 Å². The molecule has 5 aliphatic heterocycles. The van der Waals surface area contributed by atoms with Crippen LogP contribution < -0.4 is 16.0 Å². The number of hydrogen-bond donors (Lipinski definition) is 19. The lowest BCUT2D eigenvalue weighted by molar-refractivity contribution is -0.389. The number of ether oxygens (including phenoxy) is 9. The second-order valence-corrected chi connectivity index (χ2v) is 17.6. The molecule has 32 nitrogen and oxygen atoms in total. The van der Waals surface area contributed by atoms with E-state index in [1.165, 1.54) is 0 Å². The highest BCUT2D eigenvalue weighted by molar-refractivity contribution is 5.77. The molecule has 0 saturated carbocycles. The standard InChI is InChI=1S/C39H65N3O29/c1-10(48)40-19-13(51)4-39(38(61)62,70-31(19)22(53)14(52)5-43)71-33-24(55)16(7-45)65-37(28(33)59)68-30-18(9-47)66-35(21(26(30)57)42-12(3)50)69-32-23(54)15(6-44)64-36(27(32)58)67-29-17(8-46)63-34(60)20(25(29)56)41-11(2)49/h13-37,43-47,51-60H,4-9H2,1-3H3,(H,40,48)(H,41,49)(H,42,50)(H,61,62)/t13-,14+,15+,16+,17+,18+,19+,20+,21+,22+,23-,24-,25+,26+,27+,28+,29+,30+,31+,32-,33-,34+,35-,36-,37-,39-/m0/s1. The Morgan fingerprint density at radius 1 is 0.549 bits per heavy atom. The molecule has 19 N–H and O–H groups in total. The number of aliphatic hydroxyl groups is 15. The second kappa shape index (κ2) is 25.0. The lowest BCUT2D eigenvalue weighted by Crippen LogP contribution is -2.71. The molecule has 0 bridgehead atoms. The monoisotopic (exact) mass is 1040 g/mol. The molecule has 0 aromatic heterocycles. The fourth-order valence-electron chi connectivity index (χ4n) is 8.94. The first-order chi connectivity index (χ1) is 33.4. The van der Waals surface area contributed by atoms with Crippen LogP contribution in [0.2, 0.25) is 0 Å². The van der Waals surface area contributed by atoms with Gasteiger partial charge in [-0.1, -0.05) is 0 Å². The van der Waals surface area contributed by atoms with E-state index in [-0.39, 0.29) is 0 Å². The molecule has 0 radical (unpaired) electrons. The van der Waals surface area contributed by atoms with Crippen molar-refractivity contribution < 1.29 is 144 Å². The molecule has 0 aromatic carbocycles. The molecule has 26 atom stereocenters. The number of carboxylic acids is 1. The van der Waals surface area contributed by atoms with E-state index in [0.717, 1.165) is 20.8 Å². The van der Waals surface area contributed by atoms with Crippen molar-refractivity contribution in [2.45, 2.75) is 186 Å². The fraction of sp³-hybridized carbons (Fsp3) is 0.897. The minimum Gasteiger partial charge on any atom is -0.477 e. The molecule has 410 valence electrons. The van der Waals surface area contributed by atoms with E-state index in [1.807, 2.05) is 0 Å². The van der Waals surface area contributed by atoms with Crippen LogP contribution in [0.15, 0.2) is 0 Å². The number of hydrogen-bond acceptors (Lipinski definition) is 28. The zero-order valence-corrected chi connectivity index (χ0v) is 38.1. The fourth-order valence-corrected chi connectivity index (χ4v) is 8.94. The highest BCUT2D eigenvalue weighted by Crippen LogP contribution is 2.39. The zero-order valence-electron chi connectivity index (χ0n) is 38.1. The number of rotatable bonds is 19. The van der Waals surface area contributed by atoms with E-state index < -0.39 is 222 Å². The van der Waals surface area contributed by atoms with Crippen LogP contribution in [0.5, 0.6) is 0 Å². The Bertz CT molecular complexity index is 1780. The Morgan fingerprint density at radius 3 is 1.45 bits per heavy atom. The maximum Gasteiger partial charge on any atom is 0.364 e. The van der Waals surface area contributed by atoms with Crippen molar-refractivity contribution in [3.63, 3.8) is 0 Å². The molecular weight excluding hydrogens is 974 g/mol. The molecule has 0 aliphatic carbocycles. The predicted molar refractivity (Wildman–Crippen MR) is 219 cm³/mol. The minimum absolute atomic E-state index is 0.719. The normalized spacial score (nSPS) is 45.0. The quantitative estimate of drug-likeness (QED) is 0.0571. The number of carbonyl (C=O) groups is 4. The third kappa shape index (κ3) is 12.9. The molecule has 5 saturated heterocycles. The highest BCUT2D eigenvalue weighted by atomic mass is 16.8. The Kier molecular flexibility index (Phi) is 20.7. The van der Waals surface area contributed by atoms with Gasteiger partial charge < -0.3 is 140 Å². The van der Waals surface area contributed by atoms with Crippen molar-refractivity contribution in [1.29, 1.82) is 0 Å². The minimum atomic E-state index is -3.17. The predicted octanol–water partition coefficient (Wildman–Crippen LogP) is -12.3. The van der Waals surface area contributed by atoms with Crippen LogP contribution in [-0.2, 0) is 61.8 Å². The van der Waals surface area contributed by atoms with E-state index in [0.29, 0.717) is 0 Å². The summed E-state index contributed by atoms with van der Waals surface area (Å²) in [5.74, 6) is -7.66. The molecule has 32 heteroatoms. The zero-order chi connectivity index (χ0) is 53.0. The molecule has 71 heavy (non-hydrogen) atoms. The van der Waals surface area contributed by atoms with Crippen LogP contribution in [0.25, 0.3) is 0 Å². The highest BCUT2D eigenvalue weighted by Gasteiger charge is 2.61. The summed E-state index contributed by atoms with van der Waals surface area (Å²) >= 11 is 0. The van der Waals surface area contributed by atoms with Gasteiger partial charge in [0.2, 0.25) is 17.7 Å². The van der Waals surface area contributed by atoms with E-state index in [1.54, 1.807) is 0 Å². The number of aliphatic carboxylic acids is 1. The molecule has 5 heterocycles. The van der Waals surface area contributed by atoms with E-state index in [9.17, 15) is 101 Å². The molecule has 0 unspecified atom stereocenters. The maximum atomic E-state index is 13.0. The molecule has 5 aliphatic rings. The van der Waals surface area contributed by atoms with Gasteiger partial charge in [-0.05, 0) is 0 Å². The van der Waals surface area contributed by atoms with Gasteiger partial charge in [0.05, 0.1) is 45.2 Å². The van der Waals surface area contributed by atoms with Crippen molar-refractivity contribution in [3.8, 4) is 0 Å². The van der Waals surface area contributed by atoms with Gasteiger partial charge in [0.1, 0.15) is 116 Å². The van der Waals surface area contributed by atoms with Crippen LogP contribution in [0.1, 0.15) is 27.2 Å². The van der Waals surface area contributed by atoms with Crippen LogP contribution in [-0.4, -0.2) is 297 Å². The van der Waals surface area contributed by atoms with Gasteiger partial charge in [-0.3, -0.25) is 14.4 Å². The Labute approximate surface area is 402 Å². The number of nitrogens with one attached hydrogen (secondary N) is 3. The van der Waals surface area contributed by atoms with Crippen molar-refractivity contribution in [2.75, 3.05) is 33.0 Å². The lowest BCUT2D eigenvalue weighted by atomic mass is 9.88. The van der Waals surface area contributed by atoms with Gasteiger partial charge in [0.25, 0.3) is 5.79 Å². The van der Waals surface area contributed by atoms with Crippen molar-refractivity contribution >= 4 is 23.7 Å². The lowest BCUT2D eigenvalue weighted by Gasteiger charge is -2.51. The summed E-state index contributed by atoms with van der Waals surface area (Å²) in [5, 5.41) is 179. The maximum absolute atomic E-state index is 13.0. The van der Waals surface area contributed by atoms with Gasteiger partial charge in [-0.15, -0.1) is 0 Å². The largest absolute Gasteiger partial charge is 0.477 e. The summed E-state index contributed by atoms with van der Waals surface area (Å²) < 4.78 is 51.1. The summed E-state index contributed by atoms with van der Waals surface area (Å²) in [6.07, 6.45) is -44.9. The third-order valence-corrected chi connectivity index (χ3v) is 12.5. The Morgan fingerprint density at radius 2 is 0.972 bits per heavy atom. The summed E-state index contributed by atoms with van der Waals surface area (Å²) in [5.41, 5.74) is 0. The summed E-state index contributed by atoms with van der Waals surface area (Å²) in [6, 6.07) is -5.02. The second-order valence-electron chi connectivity index (χ2n) is 17.6. The number of amides is 3. The van der Waals surface area contributed by atoms with Gasteiger partial charge in [0, 0.05) is 27.2 Å². The van der Waals surface area contributed by atoms with Gasteiger partial charge in [-0.2, -0.15) is 0 Å². The van der Waals surface area contributed by atoms with Crippen LogP contribution in [0, 0.1) is 0 Å². The van der Waals surface area contributed by atoms with E-state index in [2.05, 4.69) is 16.0 Å². The molecular formula is C39H65N3O29. The summed E-state index contributed by atoms with van der Waals surface area (Å²) in [6.45, 7) is -2.19. The van der Waals surface area contributed by atoms with Crippen molar-refractivity contribution in [3.05, 3.63) is 0 Å². The summed E-state index contributed by atoms with van der Waals surface area (Å²) in [4.78, 5) is 49.3. The molecule has 3 amide bonds. The van der Waals surface area contributed by atoms with Crippen LogP contribution in [0.4, 0.5) is 0 Å². The SMILES string of the molecule is CC(=O)N[C@@H]1[C@@H](O)[C@H](O[C@@H]2O[C@H](CO)[C@H](O)[C@H](O[C@@H]3O[C@H](CO)[C@@H](O[C@@H]4O[C@H](CO)[C@H](O)[C@H](O[C@]5(C(=O)O)C[C@H](O)[C@@H](NC(C)=O)[C@H]([C@H](O)[C@H](O)CO)O5)[C@H]4O)[C@H](O)[C@H]3NC(C)=O)[C@H]2O)[C@@H](CO)O[C@H]1O. The first-order valence-electron chi connectivity index (χ1n) is 22.2.